The van der Waals surface area contributed by atoms with Gasteiger partial charge in [0.05, 0.1) is 0 Å². The summed E-state index contributed by atoms with van der Waals surface area (Å²) in [5.74, 6) is 0.265. The molecule has 0 spiro atoms. The number of aromatic nitrogens is 2. The number of hydrogen-bond donors (Lipinski definition) is 3. The summed E-state index contributed by atoms with van der Waals surface area (Å²) in [7, 11) is 0. The maximum Gasteiger partial charge on any atom is 0.159 e. The van der Waals surface area contributed by atoms with Gasteiger partial charge in [-0.15, -0.1) is 0 Å². The molecule has 1 heterocycles. The Hall–Kier alpha value is -3.22. The predicted molar refractivity (Wildman–Crippen MR) is 89.9 cm³/mol. The third kappa shape index (κ3) is 3.75. The molecule has 122 valence electrons. The molecule has 7 heteroatoms. The van der Waals surface area contributed by atoms with Gasteiger partial charge in [0.25, 0.3) is 0 Å². The second-order valence-electron chi connectivity index (χ2n) is 5.10. The summed E-state index contributed by atoms with van der Waals surface area (Å²) < 4.78 is 25.8. The summed E-state index contributed by atoms with van der Waals surface area (Å²) in [5, 5.41) is 6.10. The Bertz CT molecular complexity index is 819. The minimum atomic E-state index is -0.321. The Balaban J connectivity index is 1.72. The van der Waals surface area contributed by atoms with Crippen LogP contribution in [0.15, 0.2) is 54.9 Å². The van der Waals surface area contributed by atoms with Crippen LogP contribution in [0.25, 0.3) is 0 Å². The van der Waals surface area contributed by atoms with E-state index in [2.05, 4.69) is 20.6 Å². The van der Waals surface area contributed by atoms with Crippen LogP contribution in [0.2, 0.25) is 0 Å². The number of anilines is 4. The molecular weight excluding hydrogens is 312 g/mol. The van der Waals surface area contributed by atoms with E-state index in [0.29, 0.717) is 29.6 Å². The normalized spacial score (nSPS) is 10.4. The Morgan fingerprint density at radius 2 is 1.42 bits per heavy atom. The summed E-state index contributed by atoms with van der Waals surface area (Å²) in [6, 6.07) is 12.0. The van der Waals surface area contributed by atoms with Crippen LogP contribution in [0.1, 0.15) is 5.56 Å². The maximum atomic E-state index is 12.9. The van der Waals surface area contributed by atoms with Gasteiger partial charge in [0.1, 0.15) is 23.6 Å². The fourth-order valence-electron chi connectivity index (χ4n) is 2.09. The Labute approximate surface area is 137 Å². The van der Waals surface area contributed by atoms with Gasteiger partial charge in [0.15, 0.2) is 11.6 Å². The van der Waals surface area contributed by atoms with Crippen molar-refractivity contribution < 1.29 is 8.78 Å². The van der Waals surface area contributed by atoms with E-state index in [0.717, 1.165) is 5.56 Å². The molecule has 0 bridgehead atoms. The van der Waals surface area contributed by atoms with Gasteiger partial charge in [-0.2, -0.15) is 0 Å². The van der Waals surface area contributed by atoms with Crippen molar-refractivity contribution in [3.63, 3.8) is 0 Å². The van der Waals surface area contributed by atoms with Crippen LogP contribution in [-0.4, -0.2) is 9.97 Å². The average molecular weight is 327 g/mol. The summed E-state index contributed by atoms with van der Waals surface area (Å²) in [5.41, 5.74) is 7.95. The Kier molecular flexibility index (Phi) is 4.51. The van der Waals surface area contributed by atoms with Crippen LogP contribution in [-0.2, 0) is 6.54 Å². The number of nitrogen functional groups attached to an aromatic ring is 1. The minimum Gasteiger partial charge on any atom is -0.393 e. The van der Waals surface area contributed by atoms with Crippen LogP contribution < -0.4 is 16.4 Å². The van der Waals surface area contributed by atoms with Gasteiger partial charge in [-0.3, -0.25) is 0 Å². The Morgan fingerprint density at radius 1 is 0.833 bits per heavy atom. The second-order valence-corrected chi connectivity index (χ2v) is 5.10. The van der Waals surface area contributed by atoms with Crippen molar-refractivity contribution >= 4 is 23.0 Å². The molecule has 0 saturated heterocycles. The fraction of sp³-hybridized carbons (Fsp3) is 0.0588. The predicted octanol–water partition coefficient (Wildman–Crippen LogP) is 3.69. The molecule has 0 amide bonds. The van der Waals surface area contributed by atoms with E-state index in [9.17, 15) is 8.78 Å². The average Bonchev–Trinajstić information content (AvgIpc) is 2.59. The molecule has 0 unspecified atom stereocenters. The summed E-state index contributed by atoms with van der Waals surface area (Å²) in [4.78, 5) is 8.20. The van der Waals surface area contributed by atoms with Crippen molar-refractivity contribution in [3.8, 4) is 0 Å². The van der Waals surface area contributed by atoms with Gasteiger partial charge >= 0.3 is 0 Å². The molecule has 0 saturated carbocycles. The highest BCUT2D eigenvalue weighted by Crippen LogP contribution is 2.26. The minimum absolute atomic E-state index is 0.286. The number of halogens is 2. The third-order valence-corrected chi connectivity index (χ3v) is 3.36. The molecule has 3 rings (SSSR count). The van der Waals surface area contributed by atoms with Crippen molar-refractivity contribution in [2.75, 3.05) is 16.4 Å². The lowest BCUT2D eigenvalue weighted by molar-refractivity contribution is 0.627. The topological polar surface area (TPSA) is 75.9 Å². The van der Waals surface area contributed by atoms with Crippen LogP contribution in [0.3, 0.4) is 0 Å². The first kappa shape index (κ1) is 15.7. The number of nitrogens with two attached hydrogens (primary N) is 1. The molecule has 1 aromatic heterocycles. The van der Waals surface area contributed by atoms with Crippen LogP contribution >= 0.6 is 0 Å². The van der Waals surface area contributed by atoms with Crippen molar-refractivity contribution in [2.24, 2.45) is 0 Å². The van der Waals surface area contributed by atoms with Crippen LogP contribution in [0.5, 0.6) is 0 Å². The second kappa shape index (κ2) is 6.91. The highest BCUT2D eigenvalue weighted by atomic mass is 19.1. The van der Waals surface area contributed by atoms with E-state index in [1.807, 2.05) is 0 Å². The smallest absolute Gasteiger partial charge is 0.159 e. The number of benzene rings is 2. The standard InChI is InChI=1S/C17H15F2N5/c18-12-3-1-11(2-4-12)9-21-16-15(20)17(23-10-22-16)24-14-7-5-13(19)6-8-14/h1-8,10H,9,20H2,(H2,21,22,23,24). The molecule has 2 aromatic carbocycles. The molecular formula is C17H15F2N5. The maximum absolute atomic E-state index is 12.9. The van der Waals surface area contributed by atoms with Gasteiger partial charge < -0.3 is 16.4 Å². The molecule has 3 aromatic rings. The fourth-order valence-corrected chi connectivity index (χ4v) is 2.09. The molecule has 0 aliphatic heterocycles. The van der Waals surface area contributed by atoms with Crippen LogP contribution in [0.4, 0.5) is 31.8 Å². The number of hydrogen-bond acceptors (Lipinski definition) is 5. The molecule has 0 fully saturated rings. The quantitative estimate of drug-likeness (QED) is 0.666. The van der Waals surface area contributed by atoms with E-state index in [1.165, 1.54) is 30.6 Å². The summed E-state index contributed by atoms with van der Waals surface area (Å²) >= 11 is 0. The zero-order valence-corrected chi connectivity index (χ0v) is 12.6. The van der Waals surface area contributed by atoms with Crippen LogP contribution in [0, 0.1) is 11.6 Å². The van der Waals surface area contributed by atoms with E-state index in [4.69, 9.17) is 5.73 Å². The summed E-state index contributed by atoms with van der Waals surface area (Å²) in [6.45, 7) is 0.442. The molecule has 0 aliphatic carbocycles. The van der Waals surface area contributed by atoms with Crippen molar-refractivity contribution in [1.29, 1.82) is 0 Å². The first-order valence-corrected chi connectivity index (χ1v) is 7.23. The monoisotopic (exact) mass is 327 g/mol. The SMILES string of the molecule is Nc1c(NCc2ccc(F)cc2)ncnc1Nc1ccc(F)cc1. The van der Waals surface area contributed by atoms with Gasteiger partial charge in [0.2, 0.25) is 0 Å². The van der Waals surface area contributed by atoms with Crippen molar-refractivity contribution in [1.82, 2.24) is 9.97 Å². The van der Waals surface area contributed by atoms with Gasteiger partial charge in [-0.05, 0) is 42.0 Å². The number of nitrogens with zero attached hydrogens (tertiary/aromatic N) is 2. The van der Waals surface area contributed by atoms with Crippen molar-refractivity contribution in [3.05, 3.63) is 72.1 Å². The van der Waals surface area contributed by atoms with Crippen molar-refractivity contribution in [2.45, 2.75) is 6.54 Å². The Morgan fingerprint density at radius 3 is 2.08 bits per heavy atom. The summed E-state index contributed by atoms with van der Waals surface area (Å²) in [6.07, 6.45) is 1.37. The lowest BCUT2D eigenvalue weighted by Gasteiger charge is -2.12. The largest absolute Gasteiger partial charge is 0.393 e. The third-order valence-electron chi connectivity index (χ3n) is 3.36. The first-order valence-electron chi connectivity index (χ1n) is 7.23. The molecule has 0 atom stereocenters. The molecule has 24 heavy (non-hydrogen) atoms. The molecule has 5 nitrogen and oxygen atoms in total. The zero-order valence-electron chi connectivity index (χ0n) is 12.6. The highest BCUT2D eigenvalue weighted by Gasteiger charge is 2.08. The van der Waals surface area contributed by atoms with E-state index in [1.54, 1.807) is 24.3 Å². The van der Waals surface area contributed by atoms with Gasteiger partial charge in [-0.25, -0.2) is 18.7 Å². The molecule has 0 aliphatic rings. The lowest BCUT2D eigenvalue weighted by atomic mass is 10.2. The van der Waals surface area contributed by atoms with E-state index in [-0.39, 0.29) is 11.6 Å². The highest BCUT2D eigenvalue weighted by molar-refractivity contribution is 5.77. The van der Waals surface area contributed by atoms with Gasteiger partial charge in [-0.1, -0.05) is 12.1 Å². The lowest BCUT2D eigenvalue weighted by Crippen LogP contribution is -2.08. The molecule has 0 radical (unpaired) electrons. The van der Waals surface area contributed by atoms with Gasteiger partial charge in [0, 0.05) is 12.2 Å². The van der Waals surface area contributed by atoms with E-state index >= 15 is 0 Å². The van der Waals surface area contributed by atoms with E-state index < -0.39 is 0 Å². The first-order chi connectivity index (χ1) is 11.6. The molecule has 4 N–H and O–H groups in total. The number of nitrogens with one attached hydrogen (secondary N) is 2. The zero-order chi connectivity index (χ0) is 16.9. The number of rotatable bonds is 5.